The van der Waals surface area contributed by atoms with Crippen molar-refractivity contribution in [2.45, 2.75) is 52.9 Å². The third-order valence-corrected chi connectivity index (χ3v) is 6.73. The fraction of sp³-hybridized carbons (Fsp3) is 0.303. The van der Waals surface area contributed by atoms with E-state index in [1.165, 1.54) is 0 Å². The van der Waals surface area contributed by atoms with Gasteiger partial charge in [-0.2, -0.15) is 5.10 Å². The van der Waals surface area contributed by atoms with Crippen LogP contribution in [-0.2, 0) is 10.2 Å². The molecule has 0 aliphatic heterocycles. The molecule has 0 radical (unpaired) electrons. The molecule has 4 rings (SSSR count). The normalized spacial score (nSPS) is 11.3. The zero-order valence-electron chi connectivity index (χ0n) is 23.6. The van der Waals surface area contributed by atoms with Gasteiger partial charge in [-0.05, 0) is 48.6 Å². The maximum atomic E-state index is 13.4. The van der Waals surface area contributed by atoms with E-state index in [2.05, 4.69) is 33.0 Å². The number of unbranched alkanes of at least 4 members (excludes halogenated alkanes) is 1. The minimum atomic E-state index is -0.265. The Morgan fingerprint density at radius 3 is 2.21 bits per heavy atom. The second-order valence-electron chi connectivity index (χ2n) is 11.0. The van der Waals surface area contributed by atoms with Crippen LogP contribution in [0.2, 0.25) is 0 Å². The van der Waals surface area contributed by atoms with Crippen LogP contribution in [0.1, 0.15) is 62.0 Å². The highest BCUT2D eigenvalue weighted by molar-refractivity contribution is 5.99. The minimum Gasteiger partial charge on any atom is -0.329 e. The molecule has 0 saturated heterocycles. The first kappa shape index (κ1) is 27.8. The Kier molecular flexibility index (Phi) is 8.65. The highest BCUT2D eigenvalue weighted by Crippen LogP contribution is 2.26. The van der Waals surface area contributed by atoms with Crippen molar-refractivity contribution in [2.24, 2.45) is 0 Å². The molecule has 4 aromatic rings. The second kappa shape index (κ2) is 12.1. The molecule has 1 aromatic heterocycles. The van der Waals surface area contributed by atoms with Gasteiger partial charge in [0.05, 0.1) is 11.4 Å². The predicted octanol–water partition coefficient (Wildman–Crippen LogP) is 7.03. The molecule has 0 aliphatic carbocycles. The fourth-order valence-electron chi connectivity index (χ4n) is 4.36. The second-order valence-corrected chi connectivity index (χ2v) is 11.0. The summed E-state index contributed by atoms with van der Waals surface area (Å²) in [5.41, 5.74) is 5.44. The lowest BCUT2D eigenvalue weighted by Gasteiger charge is -2.23. The van der Waals surface area contributed by atoms with Gasteiger partial charge in [0, 0.05) is 23.7 Å². The molecule has 0 aliphatic rings. The van der Waals surface area contributed by atoms with Crippen molar-refractivity contribution in [3.8, 4) is 16.9 Å². The van der Waals surface area contributed by atoms with Crippen LogP contribution in [0.15, 0.2) is 84.9 Å². The van der Waals surface area contributed by atoms with Gasteiger partial charge in [0.25, 0.3) is 5.91 Å². The van der Waals surface area contributed by atoms with Crippen LogP contribution in [-0.4, -0.2) is 39.6 Å². The molecule has 202 valence electrons. The Morgan fingerprint density at radius 2 is 1.59 bits per heavy atom. The van der Waals surface area contributed by atoms with E-state index in [0.29, 0.717) is 17.9 Å². The van der Waals surface area contributed by atoms with Crippen molar-refractivity contribution in [1.29, 1.82) is 0 Å². The first-order valence-electron chi connectivity index (χ1n) is 13.6. The Labute approximate surface area is 231 Å². The van der Waals surface area contributed by atoms with Crippen molar-refractivity contribution >= 4 is 17.6 Å². The molecule has 0 bridgehead atoms. The molecule has 6 nitrogen and oxygen atoms in total. The van der Waals surface area contributed by atoms with Gasteiger partial charge in [-0.15, -0.1) is 0 Å². The maximum absolute atomic E-state index is 13.4. The van der Waals surface area contributed by atoms with Gasteiger partial charge < -0.3 is 10.2 Å². The molecule has 0 spiro atoms. The number of aromatic nitrogens is 2. The number of aryl methyl sites for hydroxylation is 1. The van der Waals surface area contributed by atoms with Crippen LogP contribution >= 0.6 is 0 Å². The Hall–Kier alpha value is -4.19. The first-order valence-corrected chi connectivity index (χ1v) is 13.6. The van der Waals surface area contributed by atoms with E-state index in [4.69, 9.17) is 5.10 Å². The molecule has 1 heterocycles. The highest BCUT2D eigenvalue weighted by Gasteiger charge is 2.21. The van der Waals surface area contributed by atoms with Crippen LogP contribution in [0, 0.1) is 6.92 Å². The van der Waals surface area contributed by atoms with Crippen molar-refractivity contribution in [3.05, 3.63) is 102 Å². The standard InChI is InChI=1S/C33H38N4O2/c1-6-7-21-36(32(39)26-15-17-27(18-16-26)33(3,4)5)23-31(38)34-30-22-29(25-11-9-8-10-12-25)35-37(30)28-19-13-24(2)14-20-28/h8-20,22H,6-7,21,23H2,1-5H3,(H,34,38). The number of benzene rings is 3. The monoisotopic (exact) mass is 522 g/mol. The molecule has 0 unspecified atom stereocenters. The third-order valence-electron chi connectivity index (χ3n) is 6.73. The van der Waals surface area contributed by atoms with Crippen LogP contribution < -0.4 is 5.32 Å². The molecule has 0 saturated carbocycles. The summed E-state index contributed by atoms with van der Waals surface area (Å²) in [5, 5.41) is 7.82. The molecule has 3 aromatic carbocycles. The lowest BCUT2D eigenvalue weighted by atomic mass is 9.86. The van der Waals surface area contributed by atoms with Crippen LogP contribution in [0.3, 0.4) is 0 Å². The molecule has 2 amide bonds. The number of rotatable bonds is 9. The summed E-state index contributed by atoms with van der Waals surface area (Å²) in [6, 6.07) is 27.4. The number of anilines is 1. The van der Waals surface area contributed by atoms with Gasteiger partial charge in [-0.25, -0.2) is 4.68 Å². The third kappa shape index (κ3) is 7.02. The zero-order chi connectivity index (χ0) is 28.0. The fourth-order valence-corrected chi connectivity index (χ4v) is 4.36. The Balaban J connectivity index is 1.57. The number of hydrogen-bond acceptors (Lipinski definition) is 3. The van der Waals surface area contributed by atoms with Gasteiger partial charge in [0.2, 0.25) is 5.91 Å². The summed E-state index contributed by atoms with van der Waals surface area (Å²) in [5.74, 6) is 0.148. The summed E-state index contributed by atoms with van der Waals surface area (Å²) >= 11 is 0. The smallest absolute Gasteiger partial charge is 0.254 e. The highest BCUT2D eigenvalue weighted by atomic mass is 16.2. The summed E-state index contributed by atoms with van der Waals surface area (Å²) in [7, 11) is 0. The van der Waals surface area contributed by atoms with Crippen LogP contribution in [0.4, 0.5) is 5.82 Å². The van der Waals surface area contributed by atoms with E-state index in [1.54, 1.807) is 9.58 Å². The molecule has 0 fully saturated rings. The maximum Gasteiger partial charge on any atom is 0.254 e. The Bertz CT molecular complexity index is 1400. The lowest BCUT2D eigenvalue weighted by molar-refractivity contribution is -0.117. The largest absolute Gasteiger partial charge is 0.329 e. The summed E-state index contributed by atoms with van der Waals surface area (Å²) < 4.78 is 1.74. The van der Waals surface area contributed by atoms with E-state index in [0.717, 1.165) is 40.9 Å². The first-order chi connectivity index (χ1) is 18.7. The summed E-state index contributed by atoms with van der Waals surface area (Å²) in [4.78, 5) is 28.4. The number of amides is 2. The van der Waals surface area contributed by atoms with Gasteiger partial charge in [-0.1, -0.05) is 94.3 Å². The van der Waals surface area contributed by atoms with Crippen molar-refractivity contribution in [1.82, 2.24) is 14.7 Å². The molecule has 0 atom stereocenters. The molecular formula is C33H38N4O2. The molecule has 1 N–H and O–H groups in total. The quantitative estimate of drug-likeness (QED) is 0.257. The van der Waals surface area contributed by atoms with E-state index in [9.17, 15) is 9.59 Å². The SMILES string of the molecule is CCCCN(CC(=O)Nc1cc(-c2ccccc2)nn1-c1ccc(C)cc1)C(=O)c1ccc(C(C)(C)C)cc1. The lowest BCUT2D eigenvalue weighted by Crippen LogP contribution is -2.39. The van der Waals surface area contributed by atoms with Crippen molar-refractivity contribution in [2.75, 3.05) is 18.4 Å². The summed E-state index contributed by atoms with van der Waals surface area (Å²) in [6.07, 6.45) is 1.74. The average Bonchev–Trinajstić information content (AvgIpc) is 3.34. The van der Waals surface area contributed by atoms with E-state index in [1.807, 2.05) is 91.9 Å². The number of hydrogen-bond donors (Lipinski definition) is 1. The van der Waals surface area contributed by atoms with Crippen LogP contribution in [0.5, 0.6) is 0 Å². The van der Waals surface area contributed by atoms with Gasteiger partial charge in [0.15, 0.2) is 0 Å². The van der Waals surface area contributed by atoms with E-state index >= 15 is 0 Å². The Morgan fingerprint density at radius 1 is 0.923 bits per heavy atom. The minimum absolute atomic E-state index is 0.00235. The molecule has 6 heteroatoms. The molecular weight excluding hydrogens is 484 g/mol. The van der Waals surface area contributed by atoms with Gasteiger partial charge in [-0.3, -0.25) is 9.59 Å². The van der Waals surface area contributed by atoms with E-state index < -0.39 is 0 Å². The average molecular weight is 523 g/mol. The van der Waals surface area contributed by atoms with Crippen molar-refractivity contribution < 1.29 is 9.59 Å². The van der Waals surface area contributed by atoms with Gasteiger partial charge in [0.1, 0.15) is 12.4 Å². The molecule has 39 heavy (non-hydrogen) atoms. The number of carbonyl (C=O) groups is 2. The predicted molar refractivity (Wildman–Crippen MR) is 158 cm³/mol. The van der Waals surface area contributed by atoms with Gasteiger partial charge >= 0.3 is 0 Å². The number of nitrogens with one attached hydrogen (secondary N) is 1. The number of nitrogens with zero attached hydrogens (tertiary/aromatic N) is 3. The van der Waals surface area contributed by atoms with E-state index in [-0.39, 0.29) is 23.8 Å². The topological polar surface area (TPSA) is 67.2 Å². The summed E-state index contributed by atoms with van der Waals surface area (Å²) in [6.45, 7) is 11.0. The number of carbonyl (C=O) groups excluding carboxylic acids is 2. The zero-order valence-corrected chi connectivity index (χ0v) is 23.6. The van der Waals surface area contributed by atoms with Crippen LogP contribution in [0.25, 0.3) is 16.9 Å². The van der Waals surface area contributed by atoms with Crippen molar-refractivity contribution in [3.63, 3.8) is 0 Å².